The number of amides is 1. The van der Waals surface area contributed by atoms with Gasteiger partial charge in [-0.15, -0.1) is 0 Å². The van der Waals surface area contributed by atoms with E-state index in [0.29, 0.717) is 0 Å². The van der Waals surface area contributed by atoms with Crippen LogP contribution in [-0.4, -0.2) is 23.0 Å². The lowest BCUT2D eigenvalue weighted by molar-refractivity contribution is -0.140. The molecule has 0 aliphatic carbocycles. The van der Waals surface area contributed by atoms with Crippen molar-refractivity contribution in [2.24, 2.45) is 0 Å². The number of carboxylic acid groups (broad SMARTS) is 1. The third-order valence-electron chi connectivity index (χ3n) is 2.01. The number of hydrogen-bond donors (Lipinski definition) is 2. The Morgan fingerprint density at radius 3 is 2.76 bits per heavy atom. The molecule has 2 N–H and O–H groups in total. The molecule has 0 bridgehead atoms. The maximum absolute atomic E-state index is 11.3. The van der Waals surface area contributed by atoms with Crippen molar-refractivity contribution < 1.29 is 14.7 Å². The molecule has 0 saturated heterocycles. The molecule has 0 aromatic heterocycles. The van der Waals surface area contributed by atoms with Gasteiger partial charge in [0.05, 0.1) is 0 Å². The second kappa shape index (κ2) is 6.20. The first-order valence-electron chi connectivity index (χ1n) is 4.96. The van der Waals surface area contributed by atoms with Gasteiger partial charge in [0.1, 0.15) is 6.04 Å². The molecule has 1 amide bonds. The summed E-state index contributed by atoms with van der Waals surface area (Å²) in [5, 5.41) is 10.9. The van der Waals surface area contributed by atoms with Crippen LogP contribution in [0.2, 0.25) is 0 Å². The van der Waals surface area contributed by atoms with Gasteiger partial charge in [0.15, 0.2) is 0 Å². The number of aliphatic carboxylic acids is 1. The van der Waals surface area contributed by atoms with Gasteiger partial charge in [-0.1, -0.05) is 28.1 Å². The summed E-state index contributed by atoms with van der Waals surface area (Å²) in [5.74, 6) is -1.49. The molecule has 1 rings (SSSR count). The number of benzene rings is 1. The van der Waals surface area contributed by atoms with Crippen molar-refractivity contribution in [3.8, 4) is 0 Å². The van der Waals surface area contributed by atoms with E-state index in [9.17, 15) is 9.59 Å². The average molecular weight is 298 g/mol. The zero-order valence-electron chi connectivity index (χ0n) is 9.18. The molecule has 0 saturated carbocycles. The van der Waals surface area contributed by atoms with Crippen molar-refractivity contribution in [3.63, 3.8) is 0 Å². The zero-order valence-corrected chi connectivity index (χ0v) is 10.8. The van der Waals surface area contributed by atoms with E-state index >= 15 is 0 Å². The van der Waals surface area contributed by atoms with Gasteiger partial charge >= 0.3 is 5.97 Å². The predicted molar refractivity (Wildman–Crippen MR) is 68.4 cm³/mol. The molecule has 0 aliphatic rings. The van der Waals surface area contributed by atoms with Gasteiger partial charge in [0.25, 0.3) is 0 Å². The van der Waals surface area contributed by atoms with Crippen LogP contribution in [0.25, 0.3) is 6.08 Å². The van der Waals surface area contributed by atoms with E-state index in [2.05, 4.69) is 21.2 Å². The van der Waals surface area contributed by atoms with Gasteiger partial charge in [-0.25, -0.2) is 0 Å². The van der Waals surface area contributed by atoms with Crippen LogP contribution in [0.3, 0.4) is 0 Å². The third kappa shape index (κ3) is 4.82. The molecule has 1 atom stereocenters. The molecule has 5 heteroatoms. The van der Waals surface area contributed by atoms with Crippen LogP contribution in [0.15, 0.2) is 34.8 Å². The number of rotatable bonds is 4. The summed E-state index contributed by atoms with van der Waals surface area (Å²) < 4.78 is 0.916. The quantitative estimate of drug-likeness (QED) is 0.836. The third-order valence-corrected chi connectivity index (χ3v) is 2.50. The van der Waals surface area contributed by atoms with Crippen LogP contribution in [-0.2, 0) is 9.59 Å². The highest BCUT2D eigenvalue weighted by Gasteiger charge is 2.11. The Bertz CT molecular complexity index is 457. The molecule has 0 fully saturated rings. The number of carbonyl (C=O) groups excluding carboxylic acids is 1. The molecule has 4 nitrogen and oxygen atoms in total. The smallest absolute Gasteiger partial charge is 0.325 e. The molecular formula is C12H12BrNO3. The zero-order chi connectivity index (χ0) is 12.8. The minimum absolute atomic E-state index is 0.431. The highest BCUT2D eigenvalue weighted by Crippen LogP contribution is 2.12. The molecular weight excluding hydrogens is 286 g/mol. The Hall–Kier alpha value is -1.62. The van der Waals surface area contributed by atoms with Crippen LogP contribution in [0.5, 0.6) is 0 Å². The number of hydrogen-bond acceptors (Lipinski definition) is 2. The van der Waals surface area contributed by atoms with Gasteiger partial charge < -0.3 is 10.4 Å². The maximum atomic E-state index is 11.3. The van der Waals surface area contributed by atoms with Crippen LogP contribution < -0.4 is 5.32 Å². The lowest BCUT2D eigenvalue weighted by atomic mass is 10.2. The largest absolute Gasteiger partial charge is 0.480 e. The topological polar surface area (TPSA) is 66.4 Å². The summed E-state index contributed by atoms with van der Waals surface area (Å²) in [4.78, 5) is 21.9. The van der Waals surface area contributed by atoms with E-state index in [-0.39, 0.29) is 0 Å². The highest BCUT2D eigenvalue weighted by molar-refractivity contribution is 9.10. The average Bonchev–Trinajstić information content (AvgIpc) is 2.26. The first kappa shape index (κ1) is 13.4. The van der Waals surface area contributed by atoms with E-state index < -0.39 is 17.9 Å². The first-order chi connectivity index (χ1) is 7.99. The van der Waals surface area contributed by atoms with Crippen LogP contribution in [0.1, 0.15) is 12.5 Å². The van der Waals surface area contributed by atoms with E-state index in [1.165, 1.54) is 13.0 Å². The van der Waals surface area contributed by atoms with Crippen molar-refractivity contribution in [1.29, 1.82) is 0 Å². The summed E-state index contributed by atoms with van der Waals surface area (Å²) in [6.45, 7) is 1.41. The summed E-state index contributed by atoms with van der Waals surface area (Å²) in [7, 11) is 0. The van der Waals surface area contributed by atoms with E-state index in [1.807, 2.05) is 24.3 Å². The Balaban J connectivity index is 2.59. The van der Waals surface area contributed by atoms with Gasteiger partial charge in [0, 0.05) is 10.5 Å². The summed E-state index contributed by atoms with van der Waals surface area (Å²) in [6.07, 6.45) is 2.93. The normalized spacial score (nSPS) is 12.4. The minimum atomic E-state index is -1.06. The number of carboxylic acids is 1. The van der Waals surface area contributed by atoms with Crippen molar-refractivity contribution in [2.45, 2.75) is 13.0 Å². The van der Waals surface area contributed by atoms with Crippen LogP contribution in [0, 0.1) is 0 Å². The maximum Gasteiger partial charge on any atom is 0.325 e. The fraction of sp³-hybridized carbons (Fsp3) is 0.167. The predicted octanol–water partition coefficient (Wildman–Crippen LogP) is 2.05. The van der Waals surface area contributed by atoms with E-state index in [4.69, 9.17) is 5.11 Å². The molecule has 0 spiro atoms. The molecule has 1 unspecified atom stereocenters. The number of carbonyl (C=O) groups is 2. The minimum Gasteiger partial charge on any atom is -0.480 e. The summed E-state index contributed by atoms with van der Waals surface area (Å²) in [5.41, 5.74) is 0.859. The van der Waals surface area contributed by atoms with Crippen LogP contribution >= 0.6 is 15.9 Å². The Labute approximate surface area is 107 Å². The molecule has 0 aliphatic heterocycles. The van der Waals surface area contributed by atoms with Crippen molar-refractivity contribution in [3.05, 3.63) is 40.4 Å². The lowest BCUT2D eigenvalue weighted by Crippen LogP contribution is -2.37. The number of halogens is 1. The molecule has 1 aromatic carbocycles. The van der Waals surface area contributed by atoms with Crippen molar-refractivity contribution in [2.75, 3.05) is 0 Å². The van der Waals surface area contributed by atoms with Crippen molar-refractivity contribution in [1.82, 2.24) is 5.32 Å². The van der Waals surface area contributed by atoms with Gasteiger partial charge in [-0.2, -0.15) is 0 Å². The second-order valence-corrected chi connectivity index (χ2v) is 4.37. The molecule has 0 radical (unpaired) electrons. The Morgan fingerprint density at radius 1 is 1.47 bits per heavy atom. The van der Waals surface area contributed by atoms with E-state index in [0.717, 1.165) is 10.0 Å². The molecule has 1 aromatic rings. The second-order valence-electron chi connectivity index (χ2n) is 3.46. The monoisotopic (exact) mass is 297 g/mol. The number of nitrogens with one attached hydrogen (secondary N) is 1. The SMILES string of the molecule is CC(NC(=O)/C=C/c1cccc(Br)c1)C(=O)O. The van der Waals surface area contributed by atoms with Crippen molar-refractivity contribution >= 4 is 33.9 Å². The van der Waals surface area contributed by atoms with Gasteiger partial charge in [-0.05, 0) is 30.7 Å². The van der Waals surface area contributed by atoms with E-state index in [1.54, 1.807) is 6.08 Å². The standard InChI is InChI=1S/C12H12BrNO3/c1-8(12(16)17)14-11(15)6-5-9-3-2-4-10(13)7-9/h2-8H,1H3,(H,14,15)(H,16,17)/b6-5+. The van der Waals surface area contributed by atoms with Gasteiger partial charge in [0.2, 0.25) is 5.91 Å². The lowest BCUT2D eigenvalue weighted by Gasteiger charge is -2.05. The summed E-state index contributed by atoms with van der Waals surface area (Å²) in [6, 6.07) is 6.53. The Morgan fingerprint density at radius 2 is 2.18 bits per heavy atom. The summed E-state index contributed by atoms with van der Waals surface area (Å²) >= 11 is 3.32. The fourth-order valence-electron chi connectivity index (χ4n) is 1.11. The first-order valence-corrected chi connectivity index (χ1v) is 5.75. The molecule has 0 heterocycles. The molecule has 90 valence electrons. The van der Waals surface area contributed by atoms with Gasteiger partial charge in [-0.3, -0.25) is 9.59 Å². The highest BCUT2D eigenvalue weighted by atomic mass is 79.9. The van der Waals surface area contributed by atoms with Crippen LogP contribution in [0.4, 0.5) is 0 Å². The Kier molecular flexibility index (Phi) is 4.90. The fourth-order valence-corrected chi connectivity index (χ4v) is 1.52. The molecule has 17 heavy (non-hydrogen) atoms.